The van der Waals surface area contributed by atoms with E-state index in [1.807, 2.05) is 18.2 Å². The van der Waals surface area contributed by atoms with Gasteiger partial charge in [-0.25, -0.2) is 0 Å². The van der Waals surface area contributed by atoms with E-state index in [4.69, 9.17) is 4.74 Å². The summed E-state index contributed by atoms with van der Waals surface area (Å²) in [7, 11) is 1.59. The van der Waals surface area contributed by atoms with Crippen molar-refractivity contribution in [1.82, 2.24) is 0 Å². The van der Waals surface area contributed by atoms with Gasteiger partial charge in [0.25, 0.3) is 0 Å². The monoisotopic (exact) mass is 270 g/mol. The van der Waals surface area contributed by atoms with Crippen LogP contribution in [0.25, 0.3) is 0 Å². The van der Waals surface area contributed by atoms with Crippen molar-refractivity contribution in [1.29, 1.82) is 0 Å². The molecule has 0 aliphatic rings. The first-order chi connectivity index (χ1) is 9.63. The molecule has 0 aliphatic heterocycles. The third-order valence-corrected chi connectivity index (χ3v) is 3.40. The lowest BCUT2D eigenvalue weighted by Crippen LogP contribution is -2.19. The summed E-state index contributed by atoms with van der Waals surface area (Å²) in [4.78, 5) is 12.3. The van der Waals surface area contributed by atoms with Crippen molar-refractivity contribution in [3.8, 4) is 5.75 Å². The fourth-order valence-corrected chi connectivity index (χ4v) is 2.10. The van der Waals surface area contributed by atoms with E-state index < -0.39 is 12.0 Å². The van der Waals surface area contributed by atoms with Crippen LogP contribution in [-0.2, 0) is 0 Å². The maximum absolute atomic E-state index is 12.3. The molecule has 2 unspecified atom stereocenters. The molecule has 0 bridgehead atoms. The van der Waals surface area contributed by atoms with E-state index in [9.17, 15) is 9.90 Å². The number of benzene rings is 2. The van der Waals surface area contributed by atoms with Gasteiger partial charge in [-0.3, -0.25) is 4.79 Å². The second kappa shape index (κ2) is 6.35. The summed E-state index contributed by atoms with van der Waals surface area (Å²) in [6.45, 7) is 1.74. The third-order valence-electron chi connectivity index (χ3n) is 3.40. The Labute approximate surface area is 118 Å². The summed E-state index contributed by atoms with van der Waals surface area (Å²) in [5.74, 6) is 0.169. The zero-order valence-corrected chi connectivity index (χ0v) is 11.6. The van der Waals surface area contributed by atoms with Gasteiger partial charge in [-0.2, -0.15) is 0 Å². The number of hydrogen-bond acceptors (Lipinski definition) is 3. The summed E-state index contributed by atoms with van der Waals surface area (Å²) >= 11 is 0. The van der Waals surface area contributed by atoms with E-state index >= 15 is 0 Å². The molecule has 0 radical (unpaired) electrons. The lowest BCUT2D eigenvalue weighted by Gasteiger charge is -2.18. The zero-order chi connectivity index (χ0) is 14.5. The summed E-state index contributed by atoms with van der Waals surface area (Å²) in [5.41, 5.74) is 1.33. The Kier molecular flexibility index (Phi) is 4.53. The van der Waals surface area contributed by atoms with E-state index in [0.29, 0.717) is 11.1 Å². The average Bonchev–Trinajstić information content (AvgIpc) is 2.53. The number of hydrogen-bond donors (Lipinski definition) is 1. The Morgan fingerprint density at radius 3 is 2.20 bits per heavy atom. The fourth-order valence-electron chi connectivity index (χ4n) is 2.10. The van der Waals surface area contributed by atoms with E-state index in [0.717, 1.165) is 5.75 Å². The SMILES string of the molecule is COc1ccc(C(O)C(C)C(=O)c2ccccc2)cc1. The minimum atomic E-state index is -0.825. The molecule has 2 aromatic carbocycles. The normalized spacial score (nSPS) is 13.6. The van der Waals surface area contributed by atoms with Crippen molar-refractivity contribution in [2.75, 3.05) is 7.11 Å². The second-order valence-electron chi connectivity index (χ2n) is 4.74. The number of rotatable bonds is 5. The largest absolute Gasteiger partial charge is 0.497 e. The highest BCUT2D eigenvalue weighted by atomic mass is 16.5. The van der Waals surface area contributed by atoms with Gasteiger partial charge in [0.2, 0.25) is 0 Å². The van der Waals surface area contributed by atoms with Crippen molar-refractivity contribution in [3.63, 3.8) is 0 Å². The maximum Gasteiger partial charge on any atom is 0.168 e. The van der Waals surface area contributed by atoms with Crippen LogP contribution >= 0.6 is 0 Å². The van der Waals surface area contributed by atoms with Gasteiger partial charge in [0.15, 0.2) is 5.78 Å². The van der Waals surface area contributed by atoms with Gasteiger partial charge in [-0.15, -0.1) is 0 Å². The standard InChI is InChI=1S/C17H18O3/c1-12(16(18)13-6-4-3-5-7-13)17(19)14-8-10-15(20-2)11-9-14/h3-12,17,19H,1-2H3. The minimum absolute atomic E-state index is 0.0612. The third kappa shape index (κ3) is 3.06. The van der Waals surface area contributed by atoms with Crippen molar-refractivity contribution >= 4 is 5.78 Å². The molecule has 0 fully saturated rings. The first kappa shape index (κ1) is 14.3. The molecule has 2 atom stereocenters. The smallest absolute Gasteiger partial charge is 0.168 e. The van der Waals surface area contributed by atoms with Crippen molar-refractivity contribution in [2.24, 2.45) is 5.92 Å². The van der Waals surface area contributed by atoms with Gasteiger partial charge < -0.3 is 9.84 Å². The second-order valence-corrected chi connectivity index (χ2v) is 4.74. The van der Waals surface area contributed by atoms with Crippen LogP contribution in [0.2, 0.25) is 0 Å². The van der Waals surface area contributed by atoms with Gasteiger partial charge in [0.1, 0.15) is 5.75 Å². The number of carbonyl (C=O) groups is 1. The molecule has 0 amide bonds. The number of ketones is 1. The van der Waals surface area contributed by atoms with Crippen LogP contribution in [0.4, 0.5) is 0 Å². The quantitative estimate of drug-likeness (QED) is 0.848. The molecule has 1 N–H and O–H groups in total. The fraction of sp³-hybridized carbons (Fsp3) is 0.235. The molecular formula is C17H18O3. The molecule has 0 heterocycles. The molecule has 0 aliphatic carbocycles. The van der Waals surface area contributed by atoms with E-state index in [1.165, 1.54) is 0 Å². The predicted octanol–water partition coefficient (Wildman–Crippen LogP) is 3.25. The highest BCUT2D eigenvalue weighted by Gasteiger charge is 2.24. The van der Waals surface area contributed by atoms with Gasteiger partial charge in [0.05, 0.1) is 13.2 Å². The van der Waals surface area contributed by atoms with Crippen LogP contribution in [0.15, 0.2) is 54.6 Å². The predicted molar refractivity (Wildman–Crippen MR) is 77.9 cm³/mol. The molecular weight excluding hydrogens is 252 g/mol. The van der Waals surface area contributed by atoms with Crippen molar-refractivity contribution in [3.05, 3.63) is 65.7 Å². The number of methoxy groups -OCH3 is 1. The minimum Gasteiger partial charge on any atom is -0.497 e. The van der Waals surface area contributed by atoms with Gasteiger partial charge in [0, 0.05) is 11.5 Å². The molecule has 104 valence electrons. The maximum atomic E-state index is 12.3. The first-order valence-corrected chi connectivity index (χ1v) is 6.54. The molecule has 2 rings (SSSR count). The van der Waals surface area contributed by atoms with Crippen molar-refractivity contribution in [2.45, 2.75) is 13.0 Å². The van der Waals surface area contributed by atoms with Crippen LogP contribution in [0.1, 0.15) is 28.9 Å². The number of aliphatic hydroxyl groups excluding tert-OH is 1. The zero-order valence-electron chi connectivity index (χ0n) is 11.6. The Hall–Kier alpha value is -2.13. The van der Waals surface area contributed by atoms with Crippen LogP contribution < -0.4 is 4.74 Å². The van der Waals surface area contributed by atoms with E-state index in [1.54, 1.807) is 50.4 Å². The molecule has 0 saturated heterocycles. The van der Waals surface area contributed by atoms with E-state index in [2.05, 4.69) is 0 Å². The average molecular weight is 270 g/mol. The molecule has 0 aromatic heterocycles. The van der Waals surface area contributed by atoms with Gasteiger partial charge in [-0.1, -0.05) is 49.4 Å². The number of Topliss-reactive ketones (excluding diaryl/α,β-unsaturated/α-hetero) is 1. The summed E-state index contributed by atoms with van der Waals surface area (Å²) in [6.07, 6.45) is -0.825. The highest BCUT2D eigenvalue weighted by molar-refractivity contribution is 5.98. The van der Waals surface area contributed by atoms with Crippen LogP contribution in [0, 0.1) is 5.92 Å². The molecule has 0 spiro atoms. The Balaban J connectivity index is 2.15. The Morgan fingerprint density at radius 2 is 1.65 bits per heavy atom. The van der Waals surface area contributed by atoms with E-state index in [-0.39, 0.29) is 5.78 Å². The van der Waals surface area contributed by atoms with Gasteiger partial charge >= 0.3 is 0 Å². The topological polar surface area (TPSA) is 46.5 Å². The highest BCUT2D eigenvalue weighted by Crippen LogP contribution is 2.26. The van der Waals surface area contributed by atoms with Gasteiger partial charge in [-0.05, 0) is 17.7 Å². The number of aliphatic hydroxyl groups is 1. The lowest BCUT2D eigenvalue weighted by molar-refractivity contribution is 0.0713. The Bertz CT molecular complexity index is 561. The molecule has 3 nitrogen and oxygen atoms in total. The van der Waals surface area contributed by atoms with Crippen LogP contribution in [0.3, 0.4) is 0 Å². The number of carbonyl (C=O) groups excluding carboxylic acids is 1. The molecule has 0 saturated carbocycles. The lowest BCUT2D eigenvalue weighted by atomic mass is 9.90. The molecule has 20 heavy (non-hydrogen) atoms. The summed E-state index contributed by atoms with van der Waals surface area (Å²) in [6, 6.07) is 16.1. The Morgan fingerprint density at radius 1 is 1.05 bits per heavy atom. The molecule has 2 aromatic rings. The number of ether oxygens (including phenoxy) is 1. The first-order valence-electron chi connectivity index (χ1n) is 6.54. The van der Waals surface area contributed by atoms with Crippen LogP contribution in [0.5, 0.6) is 5.75 Å². The van der Waals surface area contributed by atoms with Crippen LogP contribution in [-0.4, -0.2) is 18.0 Å². The van der Waals surface area contributed by atoms with Crippen molar-refractivity contribution < 1.29 is 14.6 Å². The molecule has 3 heteroatoms. The summed E-state index contributed by atoms with van der Waals surface area (Å²) < 4.78 is 5.08. The summed E-state index contributed by atoms with van der Waals surface area (Å²) in [5, 5.41) is 10.3.